The first kappa shape index (κ1) is 5.64. The molecule has 1 nitrogen and oxygen atoms in total. The summed E-state index contributed by atoms with van der Waals surface area (Å²) in [7, 11) is 0. The summed E-state index contributed by atoms with van der Waals surface area (Å²) in [5.41, 5.74) is 0.773. The molecule has 0 aromatic carbocycles. The molecule has 0 heterocycles. The average molecular weight is 162 g/mol. The summed E-state index contributed by atoms with van der Waals surface area (Å²) in [6.07, 6.45) is 2.85. The van der Waals surface area contributed by atoms with Gasteiger partial charge in [-0.3, -0.25) is 0 Å². The van der Waals surface area contributed by atoms with E-state index < -0.39 is 0 Å². The molecule has 6 saturated carbocycles. The summed E-state index contributed by atoms with van der Waals surface area (Å²) in [5, 5.41) is 10.1. The number of aliphatic hydroxyl groups is 1. The maximum absolute atomic E-state index is 10.1. The Morgan fingerprint density at radius 3 is 1.92 bits per heavy atom. The predicted octanol–water partition coefficient (Wildman–Crippen LogP) is 1.27. The third-order valence-corrected chi connectivity index (χ3v) is 6.47. The molecule has 0 amide bonds. The first-order chi connectivity index (χ1) is 5.79. The zero-order chi connectivity index (χ0) is 7.88. The summed E-state index contributed by atoms with van der Waals surface area (Å²) in [6.45, 7) is 2.32. The van der Waals surface area contributed by atoms with E-state index in [9.17, 15) is 5.11 Å². The molecule has 0 atom stereocenters. The van der Waals surface area contributed by atoms with Gasteiger partial charge < -0.3 is 5.11 Å². The van der Waals surface area contributed by atoms with Gasteiger partial charge in [0.05, 0.1) is 5.60 Å². The smallest absolute Gasteiger partial charge is 0.0749 e. The first-order valence-corrected chi connectivity index (χ1v) is 5.52. The van der Waals surface area contributed by atoms with Crippen LogP contribution in [0.15, 0.2) is 0 Å². The van der Waals surface area contributed by atoms with Gasteiger partial charge in [0, 0.05) is 0 Å². The third-order valence-electron chi connectivity index (χ3n) is 6.47. The van der Waals surface area contributed by atoms with Crippen LogP contribution >= 0.6 is 0 Å². The molecule has 0 radical (unpaired) electrons. The zero-order valence-corrected chi connectivity index (χ0v) is 7.33. The van der Waals surface area contributed by atoms with Crippen molar-refractivity contribution in [3.8, 4) is 0 Å². The normalized spacial score (nSPS) is 88.5. The van der Waals surface area contributed by atoms with Gasteiger partial charge in [-0.25, -0.2) is 0 Å². The van der Waals surface area contributed by atoms with Crippen molar-refractivity contribution in [2.75, 3.05) is 0 Å². The molecule has 12 heavy (non-hydrogen) atoms. The number of rotatable bonds is 2. The van der Waals surface area contributed by atoms with Crippen LogP contribution in [0.3, 0.4) is 0 Å². The molecule has 0 bridgehead atoms. The van der Waals surface area contributed by atoms with E-state index in [1.54, 1.807) is 0 Å². The van der Waals surface area contributed by atoms with E-state index in [-0.39, 0.29) is 5.60 Å². The Morgan fingerprint density at radius 1 is 1.00 bits per heavy atom. The minimum atomic E-state index is -0.0600. The highest BCUT2D eigenvalue weighted by molar-refractivity contribution is 5.56. The molecule has 6 aliphatic carbocycles. The first-order valence-electron chi connectivity index (χ1n) is 5.52. The topological polar surface area (TPSA) is 20.2 Å². The highest BCUT2D eigenvalue weighted by Crippen LogP contribution is 3.07. The zero-order valence-electron chi connectivity index (χ0n) is 7.33. The van der Waals surface area contributed by atoms with E-state index >= 15 is 0 Å². The summed E-state index contributed by atoms with van der Waals surface area (Å²) in [6, 6.07) is 0. The molecular weight excluding hydrogens is 148 g/mol. The molecule has 0 aliphatic heterocycles. The molecule has 0 aromatic heterocycles. The second-order valence-electron chi connectivity index (χ2n) is 5.90. The van der Waals surface area contributed by atoms with Crippen molar-refractivity contribution in [2.45, 2.75) is 25.4 Å². The lowest BCUT2D eigenvalue weighted by molar-refractivity contribution is -0.663. The molecule has 6 rings (SSSR count). The fourth-order valence-electron chi connectivity index (χ4n) is 6.63. The standard InChI is InChI=1S/C11H14O/c1-2-3-10-4-7-5(10)9-6(10)8(4)11(7,9)12/h4-9,12H,2-3H2,1H3. The van der Waals surface area contributed by atoms with Crippen molar-refractivity contribution < 1.29 is 5.11 Å². The van der Waals surface area contributed by atoms with Crippen LogP contribution in [0.2, 0.25) is 0 Å². The molecule has 0 aromatic rings. The van der Waals surface area contributed by atoms with Crippen molar-refractivity contribution in [3.63, 3.8) is 0 Å². The van der Waals surface area contributed by atoms with Crippen molar-refractivity contribution in [2.24, 2.45) is 40.9 Å². The number of hydrogen-bond donors (Lipinski definition) is 1. The lowest BCUT2D eigenvalue weighted by Crippen LogP contribution is -3.12. The van der Waals surface area contributed by atoms with Crippen LogP contribution in [0.1, 0.15) is 19.8 Å². The lowest BCUT2D eigenvalue weighted by Gasteiger charge is -3.10. The molecule has 6 aliphatic rings. The minimum Gasteiger partial charge on any atom is -0.389 e. The molecule has 6 fully saturated rings. The van der Waals surface area contributed by atoms with Gasteiger partial charge in [0.25, 0.3) is 0 Å². The third kappa shape index (κ3) is 0.195. The van der Waals surface area contributed by atoms with Crippen molar-refractivity contribution in [1.82, 2.24) is 0 Å². The Kier molecular flexibility index (Phi) is 0.500. The van der Waals surface area contributed by atoms with Crippen LogP contribution in [-0.2, 0) is 0 Å². The molecule has 0 saturated heterocycles. The summed E-state index contributed by atoms with van der Waals surface area (Å²) < 4.78 is 0. The Morgan fingerprint density at radius 2 is 1.50 bits per heavy atom. The van der Waals surface area contributed by atoms with Crippen LogP contribution < -0.4 is 0 Å². The minimum absolute atomic E-state index is 0.0600. The van der Waals surface area contributed by atoms with Crippen LogP contribution in [-0.4, -0.2) is 10.7 Å². The Bertz CT molecular complexity index is 265. The fraction of sp³-hybridized carbons (Fsp3) is 1.00. The Hall–Kier alpha value is -0.0400. The van der Waals surface area contributed by atoms with Gasteiger partial charge in [0.15, 0.2) is 0 Å². The summed E-state index contributed by atoms with van der Waals surface area (Å²) >= 11 is 0. The monoisotopic (exact) mass is 162 g/mol. The molecule has 0 unspecified atom stereocenters. The quantitative estimate of drug-likeness (QED) is 0.648. The van der Waals surface area contributed by atoms with E-state index in [0.29, 0.717) is 0 Å². The highest BCUT2D eigenvalue weighted by atomic mass is 16.3. The maximum atomic E-state index is 10.1. The molecular formula is C11H14O. The molecule has 1 N–H and O–H groups in total. The van der Waals surface area contributed by atoms with E-state index in [0.717, 1.165) is 40.9 Å². The van der Waals surface area contributed by atoms with Gasteiger partial charge in [-0.15, -0.1) is 0 Å². The van der Waals surface area contributed by atoms with Crippen LogP contribution in [0.5, 0.6) is 0 Å². The van der Waals surface area contributed by atoms with Gasteiger partial charge in [0.1, 0.15) is 0 Å². The molecule has 0 spiro atoms. The van der Waals surface area contributed by atoms with Crippen LogP contribution in [0.4, 0.5) is 0 Å². The molecule has 64 valence electrons. The van der Waals surface area contributed by atoms with E-state index in [1.165, 1.54) is 12.8 Å². The SMILES string of the molecule is CCCC12C3C4C1C1C2C3C41O. The summed E-state index contributed by atoms with van der Waals surface area (Å²) in [5.74, 6) is 5.48. The highest BCUT2D eigenvalue weighted by Gasteiger charge is 3.09. The van der Waals surface area contributed by atoms with Gasteiger partial charge in [-0.2, -0.15) is 0 Å². The maximum Gasteiger partial charge on any atom is 0.0749 e. The number of hydrogen-bond acceptors (Lipinski definition) is 1. The fourth-order valence-corrected chi connectivity index (χ4v) is 6.63. The van der Waals surface area contributed by atoms with Gasteiger partial charge in [-0.1, -0.05) is 13.3 Å². The van der Waals surface area contributed by atoms with E-state index in [4.69, 9.17) is 0 Å². The van der Waals surface area contributed by atoms with Crippen LogP contribution in [0.25, 0.3) is 0 Å². The van der Waals surface area contributed by atoms with Gasteiger partial charge in [0.2, 0.25) is 0 Å². The van der Waals surface area contributed by atoms with Gasteiger partial charge >= 0.3 is 0 Å². The largest absolute Gasteiger partial charge is 0.389 e. The molecule has 1 heteroatoms. The van der Waals surface area contributed by atoms with Crippen LogP contribution in [0, 0.1) is 40.9 Å². The summed E-state index contributed by atoms with van der Waals surface area (Å²) in [4.78, 5) is 0. The van der Waals surface area contributed by atoms with Crippen molar-refractivity contribution in [1.29, 1.82) is 0 Å². The van der Waals surface area contributed by atoms with Crippen molar-refractivity contribution >= 4 is 0 Å². The predicted molar refractivity (Wildman–Crippen MR) is 43.2 cm³/mol. The second kappa shape index (κ2) is 1.06. The van der Waals surface area contributed by atoms with E-state index in [1.807, 2.05) is 0 Å². The van der Waals surface area contributed by atoms with Crippen molar-refractivity contribution in [3.05, 3.63) is 0 Å². The van der Waals surface area contributed by atoms with Gasteiger partial charge in [-0.05, 0) is 47.3 Å². The average Bonchev–Trinajstić information content (AvgIpc) is 2.11. The van der Waals surface area contributed by atoms with E-state index in [2.05, 4.69) is 6.92 Å². The lowest BCUT2D eigenvalue weighted by atomic mass is 8.94. The Balaban J connectivity index is 1.62. The second-order valence-corrected chi connectivity index (χ2v) is 5.90. The Labute approximate surface area is 72.2 Å².